The van der Waals surface area contributed by atoms with E-state index in [4.69, 9.17) is 9.72 Å². The Morgan fingerprint density at radius 2 is 2.04 bits per heavy atom. The van der Waals surface area contributed by atoms with E-state index in [1.807, 2.05) is 24.4 Å². The van der Waals surface area contributed by atoms with Gasteiger partial charge in [0.1, 0.15) is 0 Å². The number of anilines is 2. The summed E-state index contributed by atoms with van der Waals surface area (Å²) in [6, 6.07) is 8.22. The highest BCUT2D eigenvalue weighted by atomic mass is 32.1. The minimum absolute atomic E-state index is 0.00654. The molecule has 0 spiro atoms. The van der Waals surface area contributed by atoms with Crippen molar-refractivity contribution < 1.29 is 9.53 Å². The Bertz CT molecular complexity index is 741. The molecule has 3 rings (SSSR count). The van der Waals surface area contributed by atoms with Gasteiger partial charge in [0.2, 0.25) is 0 Å². The Morgan fingerprint density at radius 1 is 1.27 bits per heavy atom. The lowest BCUT2D eigenvalue weighted by atomic mass is 9.90. The van der Waals surface area contributed by atoms with Crippen LogP contribution in [0.15, 0.2) is 29.6 Å². The number of ether oxygens (including phenoxy) is 1. The molecule has 4 nitrogen and oxygen atoms in total. The van der Waals surface area contributed by atoms with Crippen LogP contribution in [-0.2, 0) is 15.1 Å². The Labute approximate surface area is 160 Å². The molecule has 0 amide bonds. The Morgan fingerprint density at radius 3 is 2.77 bits per heavy atom. The van der Waals surface area contributed by atoms with Crippen molar-refractivity contribution in [1.29, 1.82) is 0 Å². The van der Waals surface area contributed by atoms with Crippen LogP contribution in [0.1, 0.15) is 63.6 Å². The van der Waals surface area contributed by atoms with Crippen LogP contribution < -0.4 is 5.32 Å². The zero-order chi connectivity index (χ0) is 18.6. The molecule has 1 aromatic heterocycles. The number of hydrogen-bond acceptors (Lipinski definition) is 5. The maximum absolute atomic E-state index is 12.3. The number of cyclic esters (lactones) is 1. The van der Waals surface area contributed by atoms with Crippen molar-refractivity contribution in [3.8, 4) is 0 Å². The summed E-state index contributed by atoms with van der Waals surface area (Å²) in [6.45, 7) is 6.26. The Kier molecular flexibility index (Phi) is 5.97. The lowest BCUT2D eigenvalue weighted by Crippen LogP contribution is -2.21. The molecule has 2 aromatic rings. The zero-order valence-corrected chi connectivity index (χ0v) is 16.7. The first-order valence-electron chi connectivity index (χ1n) is 9.53. The number of carbonyl (C=O) groups excluding carboxylic acids is 1. The first kappa shape index (κ1) is 18.9. The van der Waals surface area contributed by atoms with Crippen molar-refractivity contribution in [3.05, 3.63) is 40.9 Å². The minimum Gasteiger partial charge on any atom is -0.453 e. The number of nitrogens with one attached hydrogen (secondary N) is 1. The Hall–Kier alpha value is -1.88. The number of nitrogens with zero attached hydrogens (tertiary/aromatic N) is 1. The molecule has 1 aliphatic rings. The average molecular weight is 373 g/mol. The van der Waals surface area contributed by atoms with E-state index in [9.17, 15) is 4.79 Å². The van der Waals surface area contributed by atoms with Crippen molar-refractivity contribution in [1.82, 2.24) is 4.98 Å². The topological polar surface area (TPSA) is 51.2 Å². The molecule has 0 saturated carbocycles. The number of carbonyl (C=O) groups is 1. The van der Waals surface area contributed by atoms with E-state index in [-0.39, 0.29) is 11.9 Å². The summed E-state index contributed by atoms with van der Waals surface area (Å²) in [5.74, 6) is -0.0582. The second-order valence-corrected chi connectivity index (χ2v) is 8.29. The summed E-state index contributed by atoms with van der Waals surface area (Å²) in [5.41, 5.74) is 2.49. The van der Waals surface area contributed by atoms with Gasteiger partial charge >= 0.3 is 5.97 Å². The van der Waals surface area contributed by atoms with Gasteiger partial charge in [-0.25, -0.2) is 4.98 Å². The molecule has 1 N–H and O–H groups in total. The van der Waals surface area contributed by atoms with Crippen molar-refractivity contribution >= 4 is 28.1 Å². The second-order valence-electron chi connectivity index (χ2n) is 7.43. The molecule has 0 radical (unpaired) electrons. The number of hydrogen-bond donors (Lipinski definition) is 1. The summed E-state index contributed by atoms with van der Waals surface area (Å²) in [4.78, 5) is 17.0. The highest BCUT2D eigenvalue weighted by Crippen LogP contribution is 2.42. The fraction of sp³-hybridized carbons (Fsp3) is 0.524. The highest BCUT2D eigenvalue weighted by molar-refractivity contribution is 7.13. The van der Waals surface area contributed by atoms with Gasteiger partial charge in [-0.05, 0) is 32.4 Å². The van der Waals surface area contributed by atoms with E-state index < -0.39 is 5.60 Å². The zero-order valence-electron chi connectivity index (χ0n) is 15.9. The van der Waals surface area contributed by atoms with Gasteiger partial charge in [0.15, 0.2) is 10.7 Å². The van der Waals surface area contributed by atoms with E-state index in [1.54, 1.807) is 11.3 Å². The molecular weight excluding hydrogens is 344 g/mol. The molecule has 1 saturated heterocycles. The molecule has 0 bridgehead atoms. The van der Waals surface area contributed by atoms with Crippen LogP contribution in [0, 0.1) is 12.8 Å². The SMILES string of the molecule is CCCCCC[C@H]1C[C@](C)(c2csc(Nc3ccc(C)cc3)n2)OC1=O. The number of aryl methyl sites for hydroxylation is 1. The molecule has 5 heteroatoms. The average Bonchev–Trinajstić information content (AvgIpc) is 3.19. The van der Waals surface area contributed by atoms with Crippen LogP contribution in [-0.4, -0.2) is 11.0 Å². The predicted octanol–water partition coefficient (Wildman–Crippen LogP) is 5.94. The maximum Gasteiger partial charge on any atom is 0.310 e. The highest BCUT2D eigenvalue weighted by Gasteiger charge is 2.45. The van der Waals surface area contributed by atoms with Gasteiger partial charge in [-0.2, -0.15) is 0 Å². The first-order valence-corrected chi connectivity index (χ1v) is 10.4. The molecule has 140 valence electrons. The smallest absolute Gasteiger partial charge is 0.310 e. The summed E-state index contributed by atoms with van der Waals surface area (Å²) >= 11 is 1.55. The van der Waals surface area contributed by atoms with E-state index in [0.29, 0.717) is 0 Å². The number of esters is 1. The molecule has 1 fully saturated rings. The van der Waals surface area contributed by atoms with Gasteiger partial charge in [0, 0.05) is 17.5 Å². The normalized spacial score (nSPS) is 22.4. The monoisotopic (exact) mass is 372 g/mol. The first-order chi connectivity index (χ1) is 12.5. The van der Waals surface area contributed by atoms with Gasteiger partial charge in [0.25, 0.3) is 0 Å². The quantitative estimate of drug-likeness (QED) is 0.460. The maximum atomic E-state index is 12.3. The van der Waals surface area contributed by atoms with Crippen LogP contribution in [0.3, 0.4) is 0 Å². The summed E-state index contributed by atoms with van der Waals surface area (Å²) in [5, 5.41) is 6.16. The van der Waals surface area contributed by atoms with Gasteiger partial charge in [-0.15, -0.1) is 11.3 Å². The Balaban J connectivity index is 1.62. The molecular formula is C21H28N2O2S. The van der Waals surface area contributed by atoms with Crippen LogP contribution in [0.2, 0.25) is 0 Å². The van der Waals surface area contributed by atoms with Gasteiger partial charge in [0.05, 0.1) is 11.6 Å². The van der Waals surface area contributed by atoms with Crippen LogP contribution >= 0.6 is 11.3 Å². The lowest BCUT2D eigenvalue weighted by Gasteiger charge is -2.20. The minimum atomic E-state index is -0.601. The summed E-state index contributed by atoms with van der Waals surface area (Å²) in [6.07, 6.45) is 6.39. The number of benzene rings is 1. The van der Waals surface area contributed by atoms with E-state index in [0.717, 1.165) is 35.8 Å². The van der Waals surface area contributed by atoms with E-state index in [1.165, 1.54) is 24.8 Å². The largest absolute Gasteiger partial charge is 0.453 e. The van der Waals surface area contributed by atoms with Crippen molar-refractivity contribution in [2.24, 2.45) is 5.92 Å². The lowest BCUT2D eigenvalue weighted by molar-refractivity contribution is -0.150. The number of rotatable bonds is 8. The molecule has 1 aromatic carbocycles. The third kappa shape index (κ3) is 4.44. The van der Waals surface area contributed by atoms with Crippen molar-refractivity contribution in [2.45, 2.75) is 64.9 Å². The number of unbranched alkanes of at least 4 members (excludes halogenated alkanes) is 3. The third-order valence-electron chi connectivity index (χ3n) is 5.05. The van der Waals surface area contributed by atoms with Gasteiger partial charge in [-0.3, -0.25) is 4.79 Å². The van der Waals surface area contributed by atoms with Crippen LogP contribution in [0.25, 0.3) is 0 Å². The standard InChI is InChI=1S/C21H28N2O2S/c1-4-5-6-7-8-16-13-21(3,25-19(16)24)18-14-26-20(23-18)22-17-11-9-15(2)10-12-17/h9-12,14,16H,4-8,13H2,1-3H3,(H,22,23)/t16-,21+/m0/s1. The molecule has 0 aliphatic carbocycles. The summed E-state index contributed by atoms with van der Waals surface area (Å²) < 4.78 is 5.76. The fourth-order valence-electron chi connectivity index (χ4n) is 3.43. The summed E-state index contributed by atoms with van der Waals surface area (Å²) in [7, 11) is 0. The van der Waals surface area contributed by atoms with Crippen LogP contribution in [0.5, 0.6) is 0 Å². The van der Waals surface area contributed by atoms with Crippen molar-refractivity contribution in [2.75, 3.05) is 5.32 Å². The molecule has 2 atom stereocenters. The fourth-order valence-corrected chi connectivity index (χ4v) is 4.28. The third-order valence-corrected chi connectivity index (χ3v) is 5.81. The second kappa shape index (κ2) is 8.21. The number of aromatic nitrogens is 1. The number of thiazole rings is 1. The molecule has 1 aliphatic heterocycles. The van der Waals surface area contributed by atoms with Gasteiger partial charge in [-0.1, -0.05) is 50.3 Å². The van der Waals surface area contributed by atoms with Gasteiger partial charge < -0.3 is 10.1 Å². The van der Waals surface area contributed by atoms with E-state index in [2.05, 4.69) is 31.3 Å². The van der Waals surface area contributed by atoms with Crippen LogP contribution in [0.4, 0.5) is 10.8 Å². The molecule has 26 heavy (non-hydrogen) atoms. The molecule has 0 unspecified atom stereocenters. The predicted molar refractivity (Wildman–Crippen MR) is 107 cm³/mol. The molecule has 2 heterocycles. The van der Waals surface area contributed by atoms with E-state index >= 15 is 0 Å². The van der Waals surface area contributed by atoms with Crippen molar-refractivity contribution in [3.63, 3.8) is 0 Å².